The molecule has 0 bridgehead atoms. The van der Waals surface area contributed by atoms with E-state index in [1.54, 1.807) is 0 Å². The molecule has 0 N–H and O–H groups in total. The van der Waals surface area contributed by atoms with E-state index in [2.05, 4.69) is 288 Å². The van der Waals surface area contributed by atoms with Gasteiger partial charge in [0.15, 0.2) is 0 Å². The number of aryl methyl sites for hydroxylation is 1. The second-order valence-corrected chi connectivity index (χ2v) is 18.2. The van der Waals surface area contributed by atoms with Crippen molar-refractivity contribution in [3.05, 3.63) is 272 Å². The summed E-state index contributed by atoms with van der Waals surface area (Å²) < 4.78 is 4.79. The van der Waals surface area contributed by atoms with E-state index in [0.29, 0.717) is 0 Å². The molecule has 0 fully saturated rings. The number of rotatable bonds is 9. The van der Waals surface area contributed by atoms with E-state index < -0.39 is 0 Å². The van der Waals surface area contributed by atoms with Crippen molar-refractivity contribution in [3.8, 4) is 55.9 Å². The first-order chi connectivity index (χ1) is 34.6. The molecule has 330 valence electrons. The van der Waals surface area contributed by atoms with Gasteiger partial charge in [-0.25, -0.2) is 0 Å². The maximum atomic E-state index is 2.41. The number of hydrogen-bond acceptors (Lipinski definition) is 1. The summed E-state index contributed by atoms with van der Waals surface area (Å²) in [5.41, 5.74) is 21.2. The predicted molar refractivity (Wildman–Crippen MR) is 296 cm³/mol. The molecule has 0 unspecified atom stereocenters. The van der Waals surface area contributed by atoms with Crippen molar-refractivity contribution < 1.29 is 0 Å². The Kier molecular flexibility index (Phi) is 10.1. The number of aromatic nitrogens is 2. The maximum Gasteiger partial charge on any atom is 0.0541 e. The minimum Gasteiger partial charge on any atom is -0.310 e. The third kappa shape index (κ3) is 7.15. The Morgan fingerprint density at radius 2 is 0.671 bits per heavy atom. The van der Waals surface area contributed by atoms with E-state index in [-0.39, 0.29) is 0 Å². The lowest BCUT2D eigenvalue weighted by atomic mass is 10.00. The number of anilines is 3. The van der Waals surface area contributed by atoms with Crippen LogP contribution < -0.4 is 4.90 Å². The first-order valence-corrected chi connectivity index (χ1v) is 24.1. The Hall–Kier alpha value is -9.18. The van der Waals surface area contributed by atoms with Crippen LogP contribution in [0.2, 0.25) is 0 Å². The summed E-state index contributed by atoms with van der Waals surface area (Å²) in [5, 5.41) is 4.98. The van der Waals surface area contributed by atoms with Crippen LogP contribution >= 0.6 is 0 Å². The summed E-state index contributed by atoms with van der Waals surface area (Å²) >= 11 is 0. The Bertz CT molecular complexity index is 4030. The molecule has 2 aromatic heterocycles. The fourth-order valence-electron chi connectivity index (χ4n) is 10.6. The predicted octanol–water partition coefficient (Wildman–Crippen LogP) is 18.3. The quantitative estimate of drug-likeness (QED) is 0.141. The van der Waals surface area contributed by atoms with Gasteiger partial charge in [0.25, 0.3) is 0 Å². The van der Waals surface area contributed by atoms with E-state index in [9.17, 15) is 0 Å². The molecular formula is C67H47N3. The molecule has 0 saturated carbocycles. The van der Waals surface area contributed by atoms with Gasteiger partial charge in [-0.3, -0.25) is 0 Å². The fourth-order valence-corrected chi connectivity index (χ4v) is 10.6. The normalized spacial score (nSPS) is 11.5. The monoisotopic (exact) mass is 893 g/mol. The maximum absolute atomic E-state index is 2.41. The smallest absolute Gasteiger partial charge is 0.0541 e. The Morgan fingerprint density at radius 3 is 1.27 bits per heavy atom. The van der Waals surface area contributed by atoms with Crippen LogP contribution in [0.3, 0.4) is 0 Å². The fraction of sp³-hybridized carbons (Fsp3) is 0.0149. The van der Waals surface area contributed by atoms with E-state index in [0.717, 1.165) is 33.9 Å². The van der Waals surface area contributed by atoms with Crippen LogP contribution in [0.1, 0.15) is 5.56 Å². The van der Waals surface area contributed by atoms with Gasteiger partial charge in [-0.1, -0.05) is 170 Å². The largest absolute Gasteiger partial charge is 0.310 e. The second kappa shape index (κ2) is 17.2. The Balaban J connectivity index is 0.853. The van der Waals surface area contributed by atoms with Gasteiger partial charge >= 0.3 is 0 Å². The number of nitrogens with zero attached hydrogens (tertiary/aromatic N) is 3. The lowest BCUT2D eigenvalue weighted by molar-refractivity contribution is 1.18. The van der Waals surface area contributed by atoms with Crippen LogP contribution in [0.5, 0.6) is 0 Å². The third-order valence-corrected chi connectivity index (χ3v) is 14.1. The first-order valence-electron chi connectivity index (χ1n) is 24.1. The average Bonchev–Trinajstić information content (AvgIpc) is 3.94. The van der Waals surface area contributed by atoms with Crippen molar-refractivity contribution in [1.29, 1.82) is 0 Å². The number of benzene rings is 11. The van der Waals surface area contributed by atoms with Gasteiger partial charge in [0.05, 0.1) is 22.1 Å². The topological polar surface area (TPSA) is 13.1 Å². The van der Waals surface area contributed by atoms with E-state index in [1.165, 1.54) is 88.2 Å². The Labute approximate surface area is 408 Å². The van der Waals surface area contributed by atoms with E-state index in [4.69, 9.17) is 0 Å². The average molecular weight is 894 g/mol. The minimum absolute atomic E-state index is 1.09. The van der Waals surface area contributed by atoms with Crippen LogP contribution in [0, 0.1) is 6.92 Å². The van der Waals surface area contributed by atoms with Crippen molar-refractivity contribution in [2.75, 3.05) is 4.90 Å². The second-order valence-electron chi connectivity index (χ2n) is 18.2. The van der Waals surface area contributed by atoms with Crippen molar-refractivity contribution in [1.82, 2.24) is 9.13 Å². The summed E-state index contributed by atoms with van der Waals surface area (Å²) in [7, 11) is 0. The molecule has 0 aliphatic carbocycles. The standard InChI is InChI=1S/C67H47N3/c1-46-15-8-9-22-59(46)50-31-39-56(40-32-50)68(55-35-27-48(28-36-55)47-16-4-2-5-17-47)58-21-14-18-51(43-58)49-29-37-57(38-30-49)70-65-26-13-11-24-61(65)63-45-53(34-42-67(63)70)52-33-41-66-62(44-52)60-23-10-12-25-64(60)69(66)54-19-6-3-7-20-54/h2-45H,1H3. The summed E-state index contributed by atoms with van der Waals surface area (Å²) in [6, 6.07) is 97.1. The minimum atomic E-state index is 1.09. The molecule has 0 amide bonds. The third-order valence-electron chi connectivity index (χ3n) is 14.1. The van der Waals surface area contributed by atoms with Crippen LogP contribution in [-0.4, -0.2) is 9.13 Å². The van der Waals surface area contributed by atoms with E-state index >= 15 is 0 Å². The van der Waals surface area contributed by atoms with Crippen molar-refractivity contribution >= 4 is 60.7 Å². The van der Waals surface area contributed by atoms with Crippen LogP contribution in [0.25, 0.3) is 99.5 Å². The van der Waals surface area contributed by atoms with Gasteiger partial charge in [-0.15, -0.1) is 0 Å². The van der Waals surface area contributed by atoms with Gasteiger partial charge in [-0.2, -0.15) is 0 Å². The molecule has 13 rings (SSSR count). The molecule has 0 saturated heterocycles. The van der Waals surface area contributed by atoms with Gasteiger partial charge in [0.1, 0.15) is 0 Å². The lowest BCUT2D eigenvalue weighted by Crippen LogP contribution is -2.10. The highest BCUT2D eigenvalue weighted by atomic mass is 15.1. The molecule has 0 radical (unpaired) electrons. The van der Waals surface area contributed by atoms with Crippen molar-refractivity contribution in [2.45, 2.75) is 6.92 Å². The van der Waals surface area contributed by atoms with Gasteiger partial charge in [0, 0.05) is 50.0 Å². The SMILES string of the molecule is Cc1ccccc1-c1ccc(N(c2ccc(-c3ccccc3)cc2)c2cccc(-c3ccc(-n4c5ccccc5c5cc(-c6ccc7c(c6)c6ccccc6n7-c6ccccc6)ccc54)cc3)c2)cc1. The molecule has 3 heteroatoms. The molecule has 11 aromatic carbocycles. The molecule has 3 nitrogen and oxygen atoms in total. The molecular weight excluding hydrogens is 847 g/mol. The Morgan fingerprint density at radius 1 is 0.257 bits per heavy atom. The summed E-state index contributed by atoms with van der Waals surface area (Å²) in [6.07, 6.45) is 0. The van der Waals surface area contributed by atoms with Crippen molar-refractivity contribution in [2.24, 2.45) is 0 Å². The lowest BCUT2D eigenvalue weighted by Gasteiger charge is -2.26. The van der Waals surface area contributed by atoms with E-state index in [1.807, 2.05) is 0 Å². The molecule has 2 heterocycles. The summed E-state index contributed by atoms with van der Waals surface area (Å²) in [5.74, 6) is 0. The van der Waals surface area contributed by atoms with Crippen molar-refractivity contribution in [3.63, 3.8) is 0 Å². The van der Waals surface area contributed by atoms with Gasteiger partial charge in [-0.05, 0) is 154 Å². The highest BCUT2D eigenvalue weighted by molar-refractivity contribution is 6.12. The number of para-hydroxylation sites is 3. The zero-order valence-electron chi connectivity index (χ0n) is 38.7. The summed E-state index contributed by atoms with van der Waals surface area (Å²) in [6.45, 7) is 2.18. The molecule has 0 aliphatic heterocycles. The van der Waals surface area contributed by atoms with Crippen LogP contribution in [0.4, 0.5) is 17.1 Å². The van der Waals surface area contributed by atoms with Crippen LogP contribution in [0.15, 0.2) is 267 Å². The molecule has 70 heavy (non-hydrogen) atoms. The molecule has 13 aromatic rings. The molecule has 0 atom stereocenters. The summed E-state index contributed by atoms with van der Waals surface area (Å²) in [4.78, 5) is 2.36. The molecule has 0 aliphatic rings. The highest BCUT2D eigenvalue weighted by Crippen LogP contribution is 2.41. The van der Waals surface area contributed by atoms with Gasteiger partial charge < -0.3 is 14.0 Å². The number of hydrogen-bond donors (Lipinski definition) is 0. The van der Waals surface area contributed by atoms with Crippen LogP contribution in [-0.2, 0) is 0 Å². The van der Waals surface area contributed by atoms with Gasteiger partial charge in [0.2, 0.25) is 0 Å². The molecule has 0 spiro atoms. The first kappa shape index (κ1) is 41.0. The zero-order chi connectivity index (χ0) is 46.5. The number of fused-ring (bicyclic) bond motifs is 6. The zero-order valence-corrected chi connectivity index (χ0v) is 38.7. The highest BCUT2D eigenvalue weighted by Gasteiger charge is 2.18.